The Kier molecular flexibility index (Phi) is 4.32. The van der Waals surface area contributed by atoms with E-state index in [0.29, 0.717) is 19.0 Å². The molecule has 1 aliphatic rings. The molecule has 2 rings (SSSR count). The first-order valence-electron chi connectivity index (χ1n) is 6.76. The minimum atomic E-state index is -0.711. The molecule has 0 N–H and O–H groups in total. The van der Waals surface area contributed by atoms with E-state index in [1.807, 2.05) is 6.92 Å². The van der Waals surface area contributed by atoms with Crippen LogP contribution in [0.5, 0.6) is 0 Å². The number of halogens is 1. The predicted octanol–water partition coefficient (Wildman–Crippen LogP) is 3.00. The summed E-state index contributed by atoms with van der Waals surface area (Å²) in [5.41, 5.74) is -0.481. The van der Waals surface area contributed by atoms with Crippen LogP contribution >= 0.6 is 0 Å². The molecule has 20 heavy (non-hydrogen) atoms. The first-order chi connectivity index (χ1) is 9.52. The zero-order valence-corrected chi connectivity index (χ0v) is 11.3. The maximum Gasteiger partial charge on any atom is 0.270 e. The summed E-state index contributed by atoms with van der Waals surface area (Å²) in [6, 6.07) is 3.07. The molecule has 0 bridgehead atoms. The summed E-state index contributed by atoms with van der Waals surface area (Å²) in [7, 11) is 0. The fourth-order valence-corrected chi connectivity index (χ4v) is 2.12. The van der Waals surface area contributed by atoms with Gasteiger partial charge in [-0.3, -0.25) is 14.9 Å². The average molecular weight is 280 g/mol. The molecule has 0 saturated heterocycles. The first-order valence-corrected chi connectivity index (χ1v) is 6.76. The third-order valence-corrected chi connectivity index (χ3v) is 3.35. The highest BCUT2D eigenvalue weighted by molar-refractivity contribution is 5.95. The number of non-ortho nitro benzene ring substituents is 1. The van der Waals surface area contributed by atoms with E-state index >= 15 is 0 Å². The highest BCUT2D eigenvalue weighted by Crippen LogP contribution is 2.30. The maximum atomic E-state index is 13.8. The van der Waals surface area contributed by atoms with Crippen molar-refractivity contribution in [1.82, 2.24) is 4.90 Å². The van der Waals surface area contributed by atoms with Crippen molar-refractivity contribution in [3.05, 3.63) is 39.7 Å². The second-order valence-corrected chi connectivity index (χ2v) is 5.12. The van der Waals surface area contributed by atoms with Gasteiger partial charge < -0.3 is 4.90 Å². The minimum Gasteiger partial charge on any atom is -0.338 e. The molecule has 0 aromatic heterocycles. The molecule has 1 aromatic carbocycles. The molecule has 1 fully saturated rings. The van der Waals surface area contributed by atoms with Crippen LogP contribution in [-0.4, -0.2) is 28.8 Å². The number of nitrogens with zero attached hydrogens (tertiary/aromatic N) is 2. The molecule has 0 unspecified atom stereocenters. The number of hydrogen-bond acceptors (Lipinski definition) is 3. The van der Waals surface area contributed by atoms with Crippen molar-refractivity contribution < 1.29 is 14.1 Å². The van der Waals surface area contributed by atoms with Crippen molar-refractivity contribution in [3.63, 3.8) is 0 Å². The Bertz CT molecular complexity index is 529. The van der Waals surface area contributed by atoms with Crippen molar-refractivity contribution in [1.29, 1.82) is 0 Å². The monoisotopic (exact) mass is 280 g/mol. The standard InChI is InChI=1S/C14H17FN2O3/c1-2-7-16(9-10-3-4-10)14(18)12-8-11(17(19)20)5-6-13(12)15/h5-6,8,10H,2-4,7,9H2,1H3. The number of amides is 1. The molecule has 1 saturated carbocycles. The van der Waals surface area contributed by atoms with Gasteiger partial charge in [-0.1, -0.05) is 6.92 Å². The second-order valence-electron chi connectivity index (χ2n) is 5.12. The van der Waals surface area contributed by atoms with Gasteiger partial charge in [-0.25, -0.2) is 4.39 Å². The zero-order valence-electron chi connectivity index (χ0n) is 11.3. The smallest absolute Gasteiger partial charge is 0.270 e. The average Bonchev–Trinajstić information content (AvgIpc) is 3.21. The van der Waals surface area contributed by atoms with Crippen molar-refractivity contribution in [2.75, 3.05) is 13.1 Å². The molecule has 1 aliphatic carbocycles. The van der Waals surface area contributed by atoms with Crippen LogP contribution in [0.15, 0.2) is 18.2 Å². The minimum absolute atomic E-state index is 0.215. The van der Waals surface area contributed by atoms with Crippen LogP contribution < -0.4 is 0 Å². The van der Waals surface area contributed by atoms with Gasteiger partial charge in [0.05, 0.1) is 10.5 Å². The van der Waals surface area contributed by atoms with Gasteiger partial charge in [-0.15, -0.1) is 0 Å². The number of benzene rings is 1. The largest absolute Gasteiger partial charge is 0.338 e. The van der Waals surface area contributed by atoms with E-state index in [9.17, 15) is 19.3 Å². The van der Waals surface area contributed by atoms with E-state index in [4.69, 9.17) is 0 Å². The summed E-state index contributed by atoms with van der Waals surface area (Å²) < 4.78 is 13.8. The molecular weight excluding hydrogens is 263 g/mol. The molecule has 108 valence electrons. The summed E-state index contributed by atoms with van der Waals surface area (Å²) >= 11 is 0. The lowest BCUT2D eigenvalue weighted by Crippen LogP contribution is -2.34. The lowest BCUT2D eigenvalue weighted by Gasteiger charge is -2.22. The fraction of sp³-hybridized carbons (Fsp3) is 0.500. The van der Waals surface area contributed by atoms with Gasteiger partial charge in [-0.05, 0) is 31.2 Å². The molecule has 6 heteroatoms. The van der Waals surface area contributed by atoms with E-state index in [1.165, 1.54) is 0 Å². The SMILES string of the molecule is CCCN(CC1CC1)C(=O)c1cc([N+](=O)[O-])ccc1F. The van der Waals surface area contributed by atoms with E-state index in [-0.39, 0.29) is 11.3 Å². The normalized spacial score (nSPS) is 14.1. The van der Waals surface area contributed by atoms with E-state index in [0.717, 1.165) is 37.5 Å². The summed E-state index contributed by atoms with van der Waals surface area (Å²) in [4.78, 5) is 24.1. The third kappa shape index (κ3) is 3.31. The maximum absolute atomic E-state index is 13.8. The highest BCUT2D eigenvalue weighted by atomic mass is 19.1. The molecule has 0 spiro atoms. The molecule has 1 amide bonds. The van der Waals surface area contributed by atoms with Crippen molar-refractivity contribution in [2.45, 2.75) is 26.2 Å². The van der Waals surface area contributed by atoms with E-state index < -0.39 is 16.6 Å². The van der Waals surface area contributed by atoms with Crippen molar-refractivity contribution in [2.24, 2.45) is 5.92 Å². The van der Waals surface area contributed by atoms with Crippen molar-refractivity contribution >= 4 is 11.6 Å². The van der Waals surface area contributed by atoms with Gasteiger partial charge in [0.25, 0.3) is 11.6 Å². The number of nitro benzene ring substituents is 1. The number of nitro groups is 1. The van der Waals surface area contributed by atoms with Gasteiger partial charge in [0, 0.05) is 25.2 Å². The Morgan fingerprint density at radius 3 is 2.75 bits per heavy atom. The van der Waals surface area contributed by atoms with Gasteiger partial charge in [0.1, 0.15) is 5.82 Å². The second kappa shape index (κ2) is 5.98. The summed E-state index contributed by atoms with van der Waals surface area (Å²) in [5, 5.41) is 10.7. The molecule has 5 nitrogen and oxygen atoms in total. The molecular formula is C14H17FN2O3. The Hall–Kier alpha value is -1.98. The molecule has 0 aliphatic heterocycles. The molecule has 1 aromatic rings. The highest BCUT2D eigenvalue weighted by Gasteiger charge is 2.28. The zero-order chi connectivity index (χ0) is 14.7. The Balaban J connectivity index is 2.24. The molecule has 0 atom stereocenters. The number of hydrogen-bond donors (Lipinski definition) is 0. The number of carbonyl (C=O) groups excluding carboxylic acids is 1. The van der Waals surface area contributed by atoms with Gasteiger partial charge in [-0.2, -0.15) is 0 Å². The van der Waals surface area contributed by atoms with E-state index in [2.05, 4.69) is 0 Å². The van der Waals surface area contributed by atoms with Gasteiger partial charge in [0.15, 0.2) is 0 Å². The molecule has 0 heterocycles. The van der Waals surface area contributed by atoms with Crippen LogP contribution in [0.1, 0.15) is 36.5 Å². The molecule has 0 radical (unpaired) electrons. The Morgan fingerprint density at radius 1 is 1.50 bits per heavy atom. The van der Waals surface area contributed by atoms with Crippen LogP contribution in [0.25, 0.3) is 0 Å². The number of carbonyl (C=O) groups is 1. The lowest BCUT2D eigenvalue weighted by molar-refractivity contribution is -0.384. The lowest BCUT2D eigenvalue weighted by atomic mass is 10.1. The number of rotatable bonds is 6. The van der Waals surface area contributed by atoms with Gasteiger partial charge in [0.2, 0.25) is 0 Å². The van der Waals surface area contributed by atoms with Crippen molar-refractivity contribution in [3.8, 4) is 0 Å². The van der Waals surface area contributed by atoms with Crippen LogP contribution in [0.3, 0.4) is 0 Å². The van der Waals surface area contributed by atoms with Gasteiger partial charge >= 0.3 is 0 Å². The van der Waals surface area contributed by atoms with Crippen LogP contribution in [-0.2, 0) is 0 Å². The van der Waals surface area contributed by atoms with Crippen LogP contribution in [0, 0.1) is 21.8 Å². The van der Waals surface area contributed by atoms with Crippen LogP contribution in [0.4, 0.5) is 10.1 Å². The quantitative estimate of drug-likeness (QED) is 0.594. The summed E-state index contributed by atoms with van der Waals surface area (Å²) in [6.07, 6.45) is 2.95. The Morgan fingerprint density at radius 2 is 2.20 bits per heavy atom. The topological polar surface area (TPSA) is 63.5 Å². The predicted molar refractivity (Wildman–Crippen MR) is 72.0 cm³/mol. The summed E-state index contributed by atoms with van der Waals surface area (Å²) in [6.45, 7) is 3.09. The third-order valence-electron chi connectivity index (χ3n) is 3.35. The summed E-state index contributed by atoms with van der Waals surface area (Å²) in [5.74, 6) is -0.676. The first kappa shape index (κ1) is 14.4. The Labute approximate surface area is 116 Å². The van der Waals surface area contributed by atoms with Crippen LogP contribution in [0.2, 0.25) is 0 Å². The van der Waals surface area contributed by atoms with E-state index in [1.54, 1.807) is 4.90 Å². The fourth-order valence-electron chi connectivity index (χ4n) is 2.12.